The standard InChI is InChI=1S/C16H17FN6O2S/c1-22-8-12(15(21-22)25-3)14-19-20-16(23(14)2)26-9-13(24)18-11-6-4-5-10(17)7-11/h4-8H,9H2,1-3H3,(H,18,24). The number of nitrogens with zero attached hydrogens (tertiary/aromatic N) is 5. The summed E-state index contributed by atoms with van der Waals surface area (Å²) in [7, 11) is 5.12. The van der Waals surface area contributed by atoms with Crippen molar-refractivity contribution in [2.75, 3.05) is 18.2 Å². The van der Waals surface area contributed by atoms with Crippen molar-refractivity contribution in [1.82, 2.24) is 24.5 Å². The highest BCUT2D eigenvalue weighted by molar-refractivity contribution is 7.99. The van der Waals surface area contributed by atoms with Crippen LogP contribution in [-0.4, -0.2) is 43.3 Å². The van der Waals surface area contributed by atoms with Crippen molar-refractivity contribution in [1.29, 1.82) is 0 Å². The van der Waals surface area contributed by atoms with Crippen LogP contribution in [-0.2, 0) is 18.9 Å². The van der Waals surface area contributed by atoms with Crippen LogP contribution in [0.5, 0.6) is 5.88 Å². The molecule has 0 fully saturated rings. The monoisotopic (exact) mass is 376 g/mol. The molecule has 0 unspecified atom stereocenters. The first-order chi connectivity index (χ1) is 12.5. The van der Waals surface area contributed by atoms with Gasteiger partial charge in [0.15, 0.2) is 11.0 Å². The Balaban J connectivity index is 1.68. The summed E-state index contributed by atoms with van der Waals surface area (Å²) in [5, 5.41) is 15.7. The van der Waals surface area contributed by atoms with Crippen molar-refractivity contribution in [3.63, 3.8) is 0 Å². The summed E-state index contributed by atoms with van der Waals surface area (Å²) in [6, 6.07) is 5.74. The highest BCUT2D eigenvalue weighted by Crippen LogP contribution is 2.29. The Kier molecular flexibility index (Phi) is 5.21. The van der Waals surface area contributed by atoms with E-state index in [-0.39, 0.29) is 11.7 Å². The molecule has 1 aromatic carbocycles. The van der Waals surface area contributed by atoms with Crippen LogP contribution < -0.4 is 10.1 Å². The van der Waals surface area contributed by atoms with Gasteiger partial charge in [0, 0.05) is 26.0 Å². The molecule has 0 aliphatic rings. The molecule has 0 atom stereocenters. The number of thioether (sulfide) groups is 1. The van der Waals surface area contributed by atoms with Crippen LogP contribution in [0.2, 0.25) is 0 Å². The number of rotatable bonds is 6. The average molecular weight is 376 g/mol. The Labute approximate surface area is 153 Å². The number of ether oxygens (including phenoxy) is 1. The number of methoxy groups -OCH3 is 1. The minimum atomic E-state index is -0.404. The summed E-state index contributed by atoms with van der Waals surface area (Å²) in [5.41, 5.74) is 1.12. The van der Waals surface area contributed by atoms with Crippen LogP contribution in [0.15, 0.2) is 35.6 Å². The van der Waals surface area contributed by atoms with Crippen LogP contribution in [0.4, 0.5) is 10.1 Å². The lowest BCUT2D eigenvalue weighted by molar-refractivity contribution is -0.113. The van der Waals surface area contributed by atoms with Crippen molar-refractivity contribution in [2.24, 2.45) is 14.1 Å². The largest absolute Gasteiger partial charge is 0.479 e. The van der Waals surface area contributed by atoms with E-state index in [1.807, 2.05) is 0 Å². The minimum Gasteiger partial charge on any atom is -0.479 e. The lowest BCUT2D eigenvalue weighted by Crippen LogP contribution is -2.14. The Morgan fingerprint density at radius 1 is 1.35 bits per heavy atom. The van der Waals surface area contributed by atoms with Gasteiger partial charge in [0.25, 0.3) is 0 Å². The lowest BCUT2D eigenvalue weighted by atomic mass is 10.3. The number of anilines is 1. The molecule has 0 saturated heterocycles. The van der Waals surface area contributed by atoms with E-state index in [2.05, 4.69) is 20.6 Å². The molecule has 0 spiro atoms. The SMILES string of the molecule is COc1nn(C)cc1-c1nnc(SCC(=O)Nc2cccc(F)c2)n1C. The average Bonchev–Trinajstić information content (AvgIpc) is 3.15. The fraction of sp³-hybridized carbons (Fsp3) is 0.250. The molecule has 1 N–H and O–H groups in total. The molecule has 2 aromatic heterocycles. The van der Waals surface area contributed by atoms with Crippen molar-refractivity contribution >= 4 is 23.4 Å². The van der Waals surface area contributed by atoms with Gasteiger partial charge in [-0.15, -0.1) is 15.3 Å². The minimum absolute atomic E-state index is 0.118. The van der Waals surface area contributed by atoms with Gasteiger partial charge in [-0.05, 0) is 18.2 Å². The molecule has 3 aromatic rings. The fourth-order valence-electron chi connectivity index (χ4n) is 2.34. The molecule has 0 saturated carbocycles. The smallest absolute Gasteiger partial charge is 0.243 e. The van der Waals surface area contributed by atoms with Gasteiger partial charge in [-0.2, -0.15) is 0 Å². The predicted octanol–water partition coefficient (Wildman–Crippen LogP) is 2.09. The van der Waals surface area contributed by atoms with Gasteiger partial charge in [-0.1, -0.05) is 17.8 Å². The molecule has 0 aliphatic carbocycles. The fourth-order valence-corrected chi connectivity index (χ4v) is 3.05. The van der Waals surface area contributed by atoms with E-state index in [0.717, 1.165) is 0 Å². The van der Waals surface area contributed by atoms with E-state index in [1.54, 1.807) is 35.6 Å². The number of benzene rings is 1. The van der Waals surface area contributed by atoms with Gasteiger partial charge in [0.05, 0.1) is 12.9 Å². The topological polar surface area (TPSA) is 86.9 Å². The van der Waals surface area contributed by atoms with Crippen LogP contribution in [0.1, 0.15) is 0 Å². The first kappa shape index (κ1) is 17.9. The first-order valence-corrected chi connectivity index (χ1v) is 8.62. The zero-order chi connectivity index (χ0) is 18.7. The zero-order valence-corrected chi connectivity index (χ0v) is 15.2. The van der Waals surface area contributed by atoms with Crippen LogP contribution in [0, 0.1) is 5.82 Å². The first-order valence-electron chi connectivity index (χ1n) is 7.63. The normalized spacial score (nSPS) is 10.8. The number of carbonyl (C=O) groups excluding carboxylic acids is 1. The van der Waals surface area contributed by atoms with Crippen molar-refractivity contribution in [2.45, 2.75) is 5.16 Å². The van der Waals surface area contributed by atoms with E-state index >= 15 is 0 Å². The predicted molar refractivity (Wildman–Crippen MR) is 95.5 cm³/mol. The van der Waals surface area contributed by atoms with Gasteiger partial charge >= 0.3 is 0 Å². The number of hydrogen-bond donors (Lipinski definition) is 1. The second kappa shape index (κ2) is 7.56. The molecule has 136 valence electrons. The second-order valence-electron chi connectivity index (χ2n) is 5.44. The second-order valence-corrected chi connectivity index (χ2v) is 6.38. The summed E-state index contributed by atoms with van der Waals surface area (Å²) in [6.07, 6.45) is 1.79. The molecule has 26 heavy (non-hydrogen) atoms. The molecule has 1 amide bonds. The molecule has 2 heterocycles. The van der Waals surface area contributed by atoms with E-state index in [1.165, 1.54) is 37.1 Å². The number of aromatic nitrogens is 5. The summed E-state index contributed by atoms with van der Waals surface area (Å²) in [5.74, 6) is 0.487. The summed E-state index contributed by atoms with van der Waals surface area (Å²) < 4.78 is 21.8. The number of aryl methyl sites for hydroxylation is 1. The number of carbonyl (C=O) groups is 1. The van der Waals surface area contributed by atoms with E-state index in [9.17, 15) is 9.18 Å². The number of nitrogens with one attached hydrogen (secondary N) is 1. The molecule has 3 rings (SSSR count). The van der Waals surface area contributed by atoms with Crippen LogP contribution in [0.25, 0.3) is 11.4 Å². The maximum atomic E-state index is 13.2. The van der Waals surface area contributed by atoms with E-state index in [4.69, 9.17) is 4.74 Å². The highest BCUT2D eigenvalue weighted by atomic mass is 32.2. The van der Waals surface area contributed by atoms with Crippen LogP contribution >= 0.6 is 11.8 Å². The summed E-state index contributed by atoms with van der Waals surface area (Å²) >= 11 is 1.23. The van der Waals surface area contributed by atoms with Gasteiger partial charge in [0.2, 0.25) is 11.8 Å². The third kappa shape index (κ3) is 3.85. The third-order valence-electron chi connectivity index (χ3n) is 3.50. The molecular formula is C16H17FN6O2S. The molecule has 8 nitrogen and oxygen atoms in total. The van der Waals surface area contributed by atoms with Crippen molar-refractivity contribution in [3.8, 4) is 17.3 Å². The van der Waals surface area contributed by atoms with Gasteiger partial charge < -0.3 is 14.6 Å². The maximum Gasteiger partial charge on any atom is 0.243 e. The van der Waals surface area contributed by atoms with Gasteiger partial charge in [-0.25, -0.2) is 4.39 Å². The van der Waals surface area contributed by atoms with Gasteiger partial charge in [0.1, 0.15) is 11.4 Å². The van der Waals surface area contributed by atoms with Crippen molar-refractivity contribution in [3.05, 3.63) is 36.3 Å². The number of amides is 1. The molecule has 10 heteroatoms. The maximum absolute atomic E-state index is 13.2. The number of halogens is 1. The zero-order valence-electron chi connectivity index (χ0n) is 14.4. The number of hydrogen-bond acceptors (Lipinski definition) is 6. The van der Waals surface area contributed by atoms with Crippen molar-refractivity contribution < 1.29 is 13.9 Å². The summed E-state index contributed by atoms with van der Waals surface area (Å²) in [6.45, 7) is 0. The van der Waals surface area contributed by atoms with Gasteiger partial charge in [-0.3, -0.25) is 9.48 Å². The molecule has 0 bridgehead atoms. The Morgan fingerprint density at radius 3 is 2.88 bits per heavy atom. The Morgan fingerprint density at radius 2 is 2.15 bits per heavy atom. The Bertz CT molecular complexity index is 939. The van der Waals surface area contributed by atoms with E-state index in [0.29, 0.717) is 28.1 Å². The highest BCUT2D eigenvalue weighted by Gasteiger charge is 2.18. The summed E-state index contributed by atoms with van der Waals surface area (Å²) in [4.78, 5) is 12.0. The van der Waals surface area contributed by atoms with E-state index < -0.39 is 5.82 Å². The molecule has 0 aliphatic heterocycles. The third-order valence-corrected chi connectivity index (χ3v) is 4.53. The molecular weight excluding hydrogens is 359 g/mol. The van der Waals surface area contributed by atoms with Crippen LogP contribution in [0.3, 0.4) is 0 Å². The lowest BCUT2D eigenvalue weighted by Gasteiger charge is -2.05. The Hall–Kier alpha value is -2.88. The molecule has 0 radical (unpaired) electrons. The quantitative estimate of drug-likeness (QED) is 0.663.